The summed E-state index contributed by atoms with van der Waals surface area (Å²) in [5, 5.41) is 2.77. The Balaban J connectivity index is 2.31. The highest BCUT2D eigenvalue weighted by Gasteiger charge is 2.25. The van der Waals surface area contributed by atoms with Crippen LogP contribution in [0.25, 0.3) is 0 Å². The van der Waals surface area contributed by atoms with Gasteiger partial charge in [0.1, 0.15) is 4.91 Å². The molecule has 1 aromatic carbocycles. The number of hydrogen-bond acceptors (Lipinski definition) is 7. The predicted molar refractivity (Wildman–Crippen MR) is 89.7 cm³/mol. The van der Waals surface area contributed by atoms with Crippen molar-refractivity contribution in [3.8, 4) is 17.2 Å². The van der Waals surface area contributed by atoms with Crippen molar-refractivity contribution in [1.82, 2.24) is 5.32 Å². The molecule has 0 bridgehead atoms. The first-order valence-electron chi connectivity index (χ1n) is 7.11. The van der Waals surface area contributed by atoms with Crippen molar-refractivity contribution in [3.05, 3.63) is 28.3 Å². The van der Waals surface area contributed by atoms with Crippen LogP contribution in [-0.4, -0.2) is 46.1 Å². The van der Waals surface area contributed by atoms with Crippen LogP contribution in [0.15, 0.2) is 22.7 Å². The largest absolute Gasteiger partial charge is 0.493 e. The lowest BCUT2D eigenvalue weighted by Crippen LogP contribution is -2.24. The highest BCUT2D eigenvalue weighted by molar-refractivity contribution is 8.04. The zero-order valence-corrected chi connectivity index (χ0v) is 14.7. The standard InChI is InChI=1S/C16H19NO6S/c1-20-11-7-9(8-12(21-2)13(11)22-3)15(18)17-10-5-6-24-14(10)16(19)23-4/h7-8H,5-6H2,1-4H3,(H,17,18). The number of hydrogen-bond donors (Lipinski definition) is 1. The molecule has 1 aromatic rings. The summed E-state index contributed by atoms with van der Waals surface area (Å²) >= 11 is 1.36. The number of rotatable bonds is 6. The number of nitrogens with one attached hydrogen (secondary N) is 1. The number of esters is 1. The van der Waals surface area contributed by atoms with Gasteiger partial charge in [0.05, 0.1) is 28.4 Å². The first kappa shape index (κ1) is 18.0. The van der Waals surface area contributed by atoms with Crippen LogP contribution in [0.4, 0.5) is 0 Å². The number of carbonyl (C=O) groups is 2. The third kappa shape index (κ3) is 3.59. The Hall–Kier alpha value is -2.35. The van der Waals surface area contributed by atoms with E-state index in [0.29, 0.717) is 39.8 Å². The molecule has 8 heteroatoms. The van der Waals surface area contributed by atoms with Crippen molar-refractivity contribution in [1.29, 1.82) is 0 Å². The smallest absolute Gasteiger partial charge is 0.346 e. The Morgan fingerprint density at radius 1 is 1.04 bits per heavy atom. The second-order valence-corrected chi connectivity index (χ2v) is 5.87. The molecule has 0 atom stereocenters. The van der Waals surface area contributed by atoms with Crippen molar-refractivity contribution in [2.24, 2.45) is 0 Å². The van der Waals surface area contributed by atoms with Gasteiger partial charge in [-0.2, -0.15) is 0 Å². The maximum Gasteiger partial charge on any atom is 0.346 e. The van der Waals surface area contributed by atoms with Crippen molar-refractivity contribution in [2.45, 2.75) is 6.42 Å². The van der Waals surface area contributed by atoms with Crippen LogP contribution in [0.1, 0.15) is 16.8 Å². The normalized spacial score (nSPS) is 13.5. The van der Waals surface area contributed by atoms with Crippen LogP contribution in [0.2, 0.25) is 0 Å². The number of allylic oxidation sites excluding steroid dienone is 1. The Morgan fingerprint density at radius 2 is 1.67 bits per heavy atom. The van der Waals surface area contributed by atoms with Crippen molar-refractivity contribution in [2.75, 3.05) is 34.2 Å². The van der Waals surface area contributed by atoms with Crippen LogP contribution in [-0.2, 0) is 9.53 Å². The summed E-state index contributed by atoms with van der Waals surface area (Å²) in [4.78, 5) is 24.7. The molecule has 0 radical (unpaired) electrons. The zero-order chi connectivity index (χ0) is 17.7. The van der Waals surface area contributed by atoms with E-state index in [-0.39, 0.29) is 5.91 Å². The fourth-order valence-electron chi connectivity index (χ4n) is 2.27. The fraction of sp³-hybridized carbons (Fsp3) is 0.375. The molecular formula is C16H19NO6S. The van der Waals surface area contributed by atoms with Gasteiger partial charge in [0.15, 0.2) is 11.5 Å². The van der Waals surface area contributed by atoms with E-state index in [2.05, 4.69) is 5.32 Å². The molecule has 7 nitrogen and oxygen atoms in total. The summed E-state index contributed by atoms with van der Waals surface area (Å²) in [6, 6.07) is 3.11. The molecule has 1 amide bonds. The van der Waals surface area contributed by atoms with Crippen LogP contribution in [0.3, 0.4) is 0 Å². The minimum absolute atomic E-state index is 0.332. The van der Waals surface area contributed by atoms with E-state index in [1.165, 1.54) is 40.2 Å². The quantitative estimate of drug-likeness (QED) is 0.783. The Bertz CT molecular complexity index is 660. The predicted octanol–water partition coefficient (Wildman–Crippen LogP) is 1.96. The second-order valence-electron chi connectivity index (χ2n) is 4.77. The molecule has 0 aliphatic carbocycles. The number of amides is 1. The van der Waals surface area contributed by atoms with Gasteiger partial charge in [0.2, 0.25) is 5.75 Å². The van der Waals surface area contributed by atoms with Crippen molar-refractivity contribution >= 4 is 23.6 Å². The monoisotopic (exact) mass is 353 g/mol. The summed E-state index contributed by atoms with van der Waals surface area (Å²) in [6.45, 7) is 0. The Labute approximate surface area is 144 Å². The summed E-state index contributed by atoms with van der Waals surface area (Å²) in [5.41, 5.74) is 0.892. The zero-order valence-electron chi connectivity index (χ0n) is 13.9. The maximum absolute atomic E-state index is 12.5. The lowest BCUT2D eigenvalue weighted by atomic mass is 10.1. The van der Waals surface area contributed by atoms with Gasteiger partial charge >= 0.3 is 5.97 Å². The number of benzene rings is 1. The lowest BCUT2D eigenvalue weighted by Gasteiger charge is -2.14. The maximum atomic E-state index is 12.5. The van der Waals surface area contributed by atoms with Crippen molar-refractivity contribution < 1.29 is 28.5 Å². The van der Waals surface area contributed by atoms with Gasteiger partial charge in [-0.25, -0.2) is 4.79 Å². The van der Waals surface area contributed by atoms with E-state index >= 15 is 0 Å². The number of ether oxygens (including phenoxy) is 4. The Morgan fingerprint density at radius 3 is 2.17 bits per heavy atom. The molecule has 130 valence electrons. The Kier molecular flexibility index (Phi) is 5.97. The molecule has 2 rings (SSSR count). The molecule has 0 aromatic heterocycles. The lowest BCUT2D eigenvalue weighted by molar-refractivity contribution is -0.135. The van der Waals surface area contributed by atoms with E-state index in [0.717, 1.165) is 5.75 Å². The third-order valence-corrected chi connectivity index (χ3v) is 4.54. The molecule has 1 aliphatic rings. The molecule has 0 saturated heterocycles. The molecule has 0 fully saturated rings. The number of carbonyl (C=O) groups excluding carboxylic acids is 2. The van der Waals surface area contributed by atoms with E-state index in [1.54, 1.807) is 12.1 Å². The van der Waals surface area contributed by atoms with Crippen molar-refractivity contribution in [3.63, 3.8) is 0 Å². The van der Waals surface area contributed by atoms with Gasteiger partial charge in [-0.15, -0.1) is 11.8 Å². The minimum Gasteiger partial charge on any atom is -0.493 e. The summed E-state index contributed by atoms with van der Waals surface area (Å²) in [7, 11) is 5.76. The summed E-state index contributed by atoms with van der Waals surface area (Å²) < 4.78 is 20.4. The highest BCUT2D eigenvalue weighted by atomic mass is 32.2. The highest BCUT2D eigenvalue weighted by Crippen LogP contribution is 2.38. The third-order valence-electron chi connectivity index (χ3n) is 3.43. The minimum atomic E-state index is -0.447. The molecule has 0 spiro atoms. The molecule has 24 heavy (non-hydrogen) atoms. The van der Waals surface area contributed by atoms with Crippen LogP contribution < -0.4 is 19.5 Å². The van der Waals surface area contributed by atoms with Gasteiger partial charge in [0, 0.05) is 17.0 Å². The molecular weight excluding hydrogens is 334 g/mol. The average Bonchev–Trinajstić information content (AvgIpc) is 3.07. The van der Waals surface area contributed by atoms with E-state index in [4.69, 9.17) is 18.9 Å². The van der Waals surface area contributed by atoms with E-state index in [1.807, 2.05) is 0 Å². The SMILES string of the molecule is COC(=O)C1=C(NC(=O)c2cc(OC)c(OC)c(OC)c2)CCS1. The molecule has 1 aliphatic heterocycles. The fourth-order valence-corrected chi connectivity index (χ4v) is 3.31. The first-order chi connectivity index (χ1) is 11.5. The number of thioether (sulfide) groups is 1. The van der Waals surface area contributed by atoms with Crippen LogP contribution >= 0.6 is 11.8 Å². The van der Waals surface area contributed by atoms with Crippen LogP contribution in [0.5, 0.6) is 17.2 Å². The van der Waals surface area contributed by atoms with Crippen LogP contribution in [0, 0.1) is 0 Å². The molecule has 1 heterocycles. The first-order valence-corrected chi connectivity index (χ1v) is 8.09. The molecule has 1 N–H and O–H groups in total. The number of methoxy groups -OCH3 is 4. The average molecular weight is 353 g/mol. The molecule has 0 unspecified atom stereocenters. The van der Waals surface area contributed by atoms with Gasteiger partial charge in [0.25, 0.3) is 5.91 Å². The topological polar surface area (TPSA) is 83.1 Å². The van der Waals surface area contributed by atoms with E-state index < -0.39 is 5.97 Å². The summed E-state index contributed by atoms with van der Waals surface area (Å²) in [5.74, 6) is 1.07. The summed E-state index contributed by atoms with van der Waals surface area (Å²) in [6.07, 6.45) is 0.589. The van der Waals surface area contributed by atoms with Gasteiger partial charge in [-0.05, 0) is 18.6 Å². The van der Waals surface area contributed by atoms with Gasteiger partial charge in [-0.1, -0.05) is 0 Å². The van der Waals surface area contributed by atoms with Gasteiger partial charge < -0.3 is 24.3 Å². The van der Waals surface area contributed by atoms with E-state index in [9.17, 15) is 9.59 Å². The second kappa shape index (κ2) is 7.96. The van der Waals surface area contributed by atoms with Gasteiger partial charge in [-0.3, -0.25) is 4.79 Å². The molecule has 0 saturated carbocycles.